The van der Waals surface area contributed by atoms with E-state index in [4.69, 9.17) is 4.74 Å². The van der Waals surface area contributed by atoms with Gasteiger partial charge in [-0.25, -0.2) is 13.1 Å². The molecule has 0 spiro atoms. The molecule has 0 unspecified atom stereocenters. The van der Waals surface area contributed by atoms with Crippen molar-refractivity contribution >= 4 is 27.3 Å². The molecule has 2 aliphatic rings. The minimum atomic E-state index is -3.67. The fraction of sp³-hybridized carbons (Fsp3) is 0.316. The van der Waals surface area contributed by atoms with Crippen LogP contribution in [0.25, 0.3) is 0 Å². The van der Waals surface area contributed by atoms with Gasteiger partial charge in [-0.2, -0.15) is 0 Å². The van der Waals surface area contributed by atoms with Crippen LogP contribution in [-0.4, -0.2) is 40.6 Å². The summed E-state index contributed by atoms with van der Waals surface area (Å²) in [6.07, 6.45) is 2.12. The number of anilines is 2. The van der Waals surface area contributed by atoms with Gasteiger partial charge in [-0.05, 0) is 42.7 Å². The van der Waals surface area contributed by atoms with Crippen molar-refractivity contribution in [1.82, 2.24) is 4.72 Å². The second-order valence-corrected chi connectivity index (χ2v) is 8.38. The first kappa shape index (κ1) is 17.8. The lowest BCUT2D eigenvalue weighted by molar-refractivity contribution is -0.118. The van der Waals surface area contributed by atoms with Crippen molar-refractivity contribution in [3.8, 4) is 5.75 Å². The summed E-state index contributed by atoms with van der Waals surface area (Å²) < 4.78 is 33.1. The molecule has 2 aromatic rings. The number of amides is 1. The van der Waals surface area contributed by atoms with E-state index < -0.39 is 10.0 Å². The van der Waals surface area contributed by atoms with Crippen LogP contribution in [0.5, 0.6) is 5.75 Å². The lowest BCUT2D eigenvalue weighted by Gasteiger charge is -2.31. The van der Waals surface area contributed by atoms with E-state index in [0.717, 1.165) is 19.4 Å². The molecule has 1 amide bonds. The monoisotopic (exact) mass is 387 g/mol. The lowest BCUT2D eigenvalue weighted by atomic mass is 10.0. The summed E-state index contributed by atoms with van der Waals surface area (Å²) in [4.78, 5) is 13.7. The number of aryl methyl sites for hydroxylation is 1. The van der Waals surface area contributed by atoms with Gasteiger partial charge in [0, 0.05) is 25.3 Å². The summed E-state index contributed by atoms with van der Waals surface area (Å²) in [7, 11) is -3.67. The van der Waals surface area contributed by atoms with Gasteiger partial charge < -0.3 is 15.0 Å². The molecule has 0 radical (unpaired) electrons. The Morgan fingerprint density at radius 2 is 2.04 bits per heavy atom. The number of carbonyl (C=O) groups is 1. The Bertz CT molecular complexity index is 975. The minimum absolute atomic E-state index is 0.0609. The maximum atomic E-state index is 12.6. The van der Waals surface area contributed by atoms with E-state index in [1.807, 2.05) is 12.1 Å². The van der Waals surface area contributed by atoms with E-state index in [1.54, 1.807) is 6.07 Å². The number of para-hydroxylation sites is 1. The Hall–Kier alpha value is -2.58. The molecule has 2 aliphatic heterocycles. The first-order chi connectivity index (χ1) is 13.0. The predicted octanol–water partition coefficient (Wildman–Crippen LogP) is 1.75. The van der Waals surface area contributed by atoms with Crippen molar-refractivity contribution in [2.24, 2.45) is 0 Å². The molecule has 0 bridgehead atoms. The fourth-order valence-corrected chi connectivity index (χ4v) is 4.52. The molecule has 0 aromatic heterocycles. The average molecular weight is 387 g/mol. The molecule has 0 atom stereocenters. The van der Waals surface area contributed by atoms with Crippen LogP contribution in [0.1, 0.15) is 12.0 Å². The SMILES string of the molecule is O=C1COc2ccc(S(=O)(=O)NCCN3CCCc4ccccc43)cc2N1. The zero-order valence-electron chi connectivity index (χ0n) is 14.8. The number of hydrogen-bond donors (Lipinski definition) is 2. The van der Waals surface area contributed by atoms with Crippen molar-refractivity contribution in [2.45, 2.75) is 17.7 Å². The molecule has 27 heavy (non-hydrogen) atoms. The van der Waals surface area contributed by atoms with E-state index in [-0.39, 0.29) is 17.4 Å². The van der Waals surface area contributed by atoms with Gasteiger partial charge in [0.15, 0.2) is 6.61 Å². The van der Waals surface area contributed by atoms with Crippen LogP contribution in [-0.2, 0) is 21.2 Å². The summed E-state index contributed by atoms with van der Waals surface area (Å²) in [5.74, 6) is 0.173. The molecule has 8 heteroatoms. The number of fused-ring (bicyclic) bond motifs is 2. The fourth-order valence-electron chi connectivity index (χ4n) is 3.47. The van der Waals surface area contributed by atoms with Crippen molar-refractivity contribution in [3.63, 3.8) is 0 Å². The molecule has 2 N–H and O–H groups in total. The molecule has 142 valence electrons. The Labute approximate surface area is 158 Å². The van der Waals surface area contributed by atoms with Gasteiger partial charge in [0.2, 0.25) is 10.0 Å². The van der Waals surface area contributed by atoms with E-state index in [9.17, 15) is 13.2 Å². The molecule has 7 nitrogen and oxygen atoms in total. The van der Waals surface area contributed by atoms with Crippen molar-refractivity contribution < 1.29 is 17.9 Å². The summed E-state index contributed by atoms with van der Waals surface area (Å²) in [5.41, 5.74) is 2.85. The van der Waals surface area contributed by atoms with Gasteiger partial charge >= 0.3 is 0 Å². The van der Waals surface area contributed by atoms with E-state index in [2.05, 4.69) is 27.1 Å². The standard InChI is InChI=1S/C19H21N3O4S/c23-19-13-26-18-8-7-15(12-16(18)21-19)27(24,25)20-9-11-22-10-3-5-14-4-1-2-6-17(14)22/h1-2,4,6-8,12,20H,3,5,9-11,13H2,(H,21,23). The maximum Gasteiger partial charge on any atom is 0.262 e. The van der Waals surface area contributed by atoms with Gasteiger partial charge in [-0.1, -0.05) is 18.2 Å². The number of nitrogens with one attached hydrogen (secondary N) is 2. The van der Waals surface area contributed by atoms with Crippen LogP contribution in [0.2, 0.25) is 0 Å². The van der Waals surface area contributed by atoms with E-state index in [0.29, 0.717) is 24.5 Å². The molecule has 4 rings (SSSR count). The van der Waals surface area contributed by atoms with Gasteiger partial charge in [0.05, 0.1) is 10.6 Å². The van der Waals surface area contributed by atoms with Gasteiger partial charge in [-0.15, -0.1) is 0 Å². The van der Waals surface area contributed by atoms with Crippen LogP contribution in [0.3, 0.4) is 0 Å². The van der Waals surface area contributed by atoms with Crippen molar-refractivity contribution in [1.29, 1.82) is 0 Å². The third-order valence-corrected chi connectivity index (χ3v) is 6.23. The van der Waals surface area contributed by atoms with Crippen LogP contribution >= 0.6 is 0 Å². The van der Waals surface area contributed by atoms with E-state index >= 15 is 0 Å². The molecule has 0 fully saturated rings. The molecular weight excluding hydrogens is 366 g/mol. The van der Waals surface area contributed by atoms with Gasteiger partial charge in [0.25, 0.3) is 5.91 Å². The van der Waals surface area contributed by atoms with E-state index in [1.165, 1.54) is 23.4 Å². The third-order valence-electron chi connectivity index (χ3n) is 4.77. The first-order valence-corrected chi connectivity index (χ1v) is 10.4. The smallest absolute Gasteiger partial charge is 0.262 e. The van der Waals surface area contributed by atoms with Crippen LogP contribution in [0, 0.1) is 0 Å². The summed E-state index contributed by atoms with van der Waals surface area (Å²) in [6, 6.07) is 12.7. The Balaban J connectivity index is 1.43. The molecular formula is C19H21N3O4S. The third kappa shape index (κ3) is 3.77. The van der Waals surface area contributed by atoms with Crippen LogP contribution < -0.4 is 19.7 Å². The lowest BCUT2D eigenvalue weighted by Crippen LogP contribution is -2.37. The molecule has 2 heterocycles. The van der Waals surface area contributed by atoms with Gasteiger partial charge in [-0.3, -0.25) is 4.79 Å². The summed E-state index contributed by atoms with van der Waals surface area (Å²) in [5, 5.41) is 2.63. The van der Waals surface area contributed by atoms with Gasteiger partial charge in [0.1, 0.15) is 5.75 Å². The normalized spacial score (nSPS) is 16.1. The quantitative estimate of drug-likeness (QED) is 0.816. The first-order valence-electron chi connectivity index (χ1n) is 8.92. The molecule has 0 saturated heterocycles. The zero-order chi connectivity index (χ0) is 18.9. The highest BCUT2D eigenvalue weighted by Gasteiger charge is 2.21. The summed E-state index contributed by atoms with van der Waals surface area (Å²) >= 11 is 0. The minimum Gasteiger partial charge on any atom is -0.482 e. The average Bonchev–Trinajstić information content (AvgIpc) is 2.67. The number of hydrogen-bond acceptors (Lipinski definition) is 5. The molecule has 0 aliphatic carbocycles. The number of nitrogens with zero attached hydrogens (tertiary/aromatic N) is 1. The number of ether oxygens (including phenoxy) is 1. The zero-order valence-corrected chi connectivity index (χ0v) is 15.6. The largest absolute Gasteiger partial charge is 0.482 e. The van der Waals surface area contributed by atoms with Crippen LogP contribution in [0.4, 0.5) is 11.4 Å². The maximum absolute atomic E-state index is 12.6. The molecule has 2 aromatic carbocycles. The topological polar surface area (TPSA) is 87.7 Å². The second-order valence-electron chi connectivity index (χ2n) is 6.61. The number of benzene rings is 2. The predicted molar refractivity (Wildman–Crippen MR) is 103 cm³/mol. The van der Waals surface area contributed by atoms with Crippen molar-refractivity contribution in [2.75, 3.05) is 36.5 Å². The Kier molecular flexibility index (Phi) is 4.75. The molecule has 0 saturated carbocycles. The number of carbonyl (C=O) groups excluding carboxylic acids is 1. The highest BCUT2D eigenvalue weighted by atomic mass is 32.2. The van der Waals surface area contributed by atoms with Crippen LogP contribution in [0.15, 0.2) is 47.4 Å². The highest BCUT2D eigenvalue weighted by molar-refractivity contribution is 7.89. The second kappa shape index (κ2) is 7.21. The Morgan fingerprint density at radius 1 is 1.19 bits per heavy atom. The number of sulfonamides is 1. The number of rotatable bonds is 5. The highest BCUT2D eigenvalue weighted by Crippen LogP contribution is 2.30. The Morgan fingerprint density at radius 3 is 2.93 bits per heavy atom. The summed E-state index contributed by atoms with van der Waals surface area (Å²) in [6.45, 7) is 1.76. The van der Waals surface area contributed by atoms with Crippen molar-refractivity contribution in [3.05, 3.63) is 48.0 Å².